The van der Waals surface area contributed by atoms with E-state index in [1.807, 2.05) is 13.0 Å². The second kappa shape index (κ2) is 6.59. The fourth-order valence-electron chi connectivity index (χ4n) is 1.65. The maximum absolute atomic E-state index is 9.17. The number of aliphatic hydroxyl groups is 1. The van der Waals surface area contributed by atoms with E-state index in [0.717, 1.165) is 19.4 Å². The van der Waals surface area contributed by atoms with Crippen LogP contribution >= 0.6 is 0 Å². The molecular formula is C13H21NO. The van der Waals surface area contributed by atoms with Crippen molar-refractivity contribution in [1.29, 1.82) is 0 Å². The third kappa shape index (κ3) is 4.45. The second-order valence-electron chi connectivity index (χ2n) is 3.96. The zero-order valence-electron chi connectivity index (χ0n) is 9.61. The smallest absolute Gasteiger partial charge is 0.0524 e. The third-order valence-electron chi connectivity index (χ3n) is 2.56. The molecule has 0 heterocycles. The molecule has 0 fully saturated rings. The van der Waals surface area contributed by atoms with E-state index in [0.29, 0.717) is 6.04 Å². The molecule has 1 rings (SSSR count). The Balaban J connectivity index is 2.43. The SMILES string of the molecule is CC[C@@H](NCC[C@H](C)O)c1ccccc1. The molecule has 84 valence electrons. The second-order valence-corrected chi connectivity index (χ2v) is 3.96. The van der Waals surface area contributed by atoms with Crippen molar-refractivity contribution in [2.45, 2.75) is 38.8 Å². The van der Waals surface area contributed by atoms with Gasteiger partial charge in [-0.05, 0) is 31.9 Å². The van der Waals surface area contributed by atoms with Gasteiger partial charge in [0.2, 0.25) is 0 Å². The number of aliphatic hydroxyl groups excluding tert-OH is 1. The first kappa shape index (κ1) is 12.2. The zero-order chi connectivity index (χ0) is 11.1. The third-order valence-corrected chi connectivity index (χ3v) is 2.56. The maximum Gasteiger partial charge on any atom is 0.0524 e. The Morgan fingerprint density at radius 2 is 1.93 bits per heavy atom. The predicted octanol–water partition coefficient (Wildman–Crippen LogP) is 2.50. The van der Waals surface area contributed by atoms with E-state index in [4.69, 9.17) is 5.11 Å². The molecule has 1 aromatic rings. The van der Waals surface area contributed by atoms with Crippen molar-refractivity contribution in [2.75, 3.05) is 6.54 Å². The van der Waals surface area contributed by atoms with Crippen LogP contribution in [0, 0.1) is 0 Å². The van der Waals surface area contributed by atoms with E-state index in [9.17, 15) is 0 Å². The van der Waals surface area contributed by atoms with Gasteiger partial charge in [-0.2, -0.15) is 0 Å². The van der Waals surface area contributed by atoms with Gasteiger partial charge in [0.05, 0.1) is 6.10 Å². The Morgan fingerprint density at radius 1 is 1.27 bits per heavy atom. The molecule has 0 saturated carbocycles. The largest absolute Gasteiger partial charge is 0.393 e. The monoisotopic (exact) mass is 207 g/mol. The molecule has 0 radical (unpaired) electrons. The molecule has 15 heavy (non-hydrogen) atoms. The van der Waals surface area contributed by atoms with Gasteiger partial charge in [-0.1, -0.05) is 37.3 Å². The normalized spacial score (nSPS) is 14.9. The summed E-state index contributed by atoms with van der Waals surface area (Å²) in [6.45, 7) is 4.86. The Morgan fingerprint density at radius 3 is 2.47 bits per heavy atom. The van der Waals surface area contributed by atoms with Crippen LogP contribution in [-0.4, -0.2) is 17.8 Å². The minimum Gasteiger partial charge on any atom is -0.393 e. The molecule has 0 amide bonds. The summed E-state index contributed by atoms with van der Waals surface area (Å²) in [4.78, 5) is 0. The molecule has 2 N–H and O–H groups in total. The highest BCUT2D eigenvalue weighted by atomic mass is 16.3. The van der Waals surface area contributed by atoms with Crippen LogP contribution in [0.2, 0.25) is 0 Å². The number of nitrogens with one attached hydrogen (secondary N) is 1. The van der Waals surface area contributed by atoms with Crippen molar-refractivity contribution in [3.63, 3.8) is 0 Å². The van der Waals surface area contributed by atoms with Crippen LogP contribution in [0.3, 0.4) is 0 Å². The average molecular weight is 207 g/mol. The van der Waals surface area contributed by atoms with Gasteiger partial charge in [-0.3, -0.25) is 0 Å². The number of hydrogen-bond donors (Lipinski definition) is 2. The molecule has 2 nitrogen and oxygen atoms in total. The van der Waals surface area contributed by atoms with Crippen LogP contribution < -0.4 is 5.32 Å². The lowest BCUT2D eigenvalue weighted by Crippen LogP contribution is -2.24. The van der Waals surface area contributed by atoms with Crippen molar-refractivity contribution in [2.24, 2.45) is 0 Å². The van der Waals surface area contributed by atoms with Crippen LogP contribution in [-0.2, 0) is 0 Å². The Labute approximate surface area is 92.3 Å². The first-order valence-electron chi connectivity index (χ1n) is 5.70. The van der Waals surface area contributed by atoms with Crippen molar-refractivity contribution < 1.29 is 5.11 Å². The van der Waals surface area contributed by atoms with Crippen LogP contribution in [0.1, 0.15) is 38.3 Å². The Hall–Kier alpha value is -0.860. The van der Waals surface area contributed by atoms with Crippen LogP contribution in [0.15, 0.2) is 30.3 Å². The fourth-order valence-corrected chi connectivity index (χ4v) is 1.65. The minimum absolute atomic E-state index is 0.217. The lowest BCUT2D eigenvalue weighted by molar-refractivity contribution is 0.182. The standard InChI is InChI=1S/C13H21NO/c1-3-13(14-10-9-11(2)15)12-7-5-4-6-8-12/h4-8,11,13-15H,3,9-10H2,1-2H3/t11-,13+/m0/s1. The molecule has 1 aromatic carbocycles. The lowest BCUT2D eigenvalue weighted by Gasteiger charge is -2.17. The molecule has 0 saturated heterocycles. The van der Waals surface area contributed by atoms with Gasteiger partial charge in [0.25, 0.3) is 0 Å². The summed E-state index contributed by atoms with van der Waals surface area (Å²) in [5.41, 5.74) is 1.32. The van der Waals surface area contributed by atoms with E-state index >= 15 is 0 Å². The topological polar surface area (TPSA) is 32.3 Å². The highest BCUT2D eigenvalue weighted by Gasteiger charge is 2.07. The number of benzene rings is 1. The maximum atomic E-state index is 9.17. The van der Waals surface area contributed by atoms with Crippen molar-refractivity contribution in [3.8, 4) is 0 Å². The Bertz CT molecular complexity index is 258. The summed E-state index contributed by atoms with van der Waals surface area (Å²) < 4.78 is 0. The minimum atomic E-state index is -0.217. The predicted molar refractivity (Wildman–Crippen MR) is 63.8 cm³/mol. The van der Waals surface area contributed by atoms with Gasteiger partial charge in [0.15, 0.2) is 0 Å². The summed E-state index contributed by atoms with van der Waals surface area (Å²) in [5.74, 6) is 0. The molecule has 0 unspecified atom stereocenters. The van der Waals surface area contributed by atoms with E-state index in [1.54, 1.807) is 0 Å². The summed E-state index contributed by atoms with van der Waals surface area (Å²) >= 11 is 0. The number of rotatable bonds is 6. The van der Waals surface area contributed by atoms with Crippen LogP contribution in [0.4, 0.5) is 0 Å². The van der Waals surface area contributed by atoms with E-state index in [-0.39, 0.29) is 6.10 Å². The average Bonchev–Trinajstić information content (AvgIpc) is 2.25. The first-order chi connectivity index (χ1) is 7.24. The molecule has 0 aliphatic heterocycles. The van der Waals surface area contributed by atoms with Gasteiger partial charge in [-0.15, -0.1) is 0 Å². The molecular weight excluding hydrogens is 186 g/mol. The van der Waals surface area contributed by atoms with E-state index in [2.05, 4.69) is 36.5 Å². The van der Waals surface area contributed by atoms with Gasteiger partial charge >= 0.3 is 0 Å². The van der Waals surface area contributed by atoms with Gasteiger partial charge in [0, 0.05) is 6.04 Å². The zero-order valence-corrected chi connectivity index (χ0v) is 9.61. The molecule has 0 aliphatic rings. The summed E-state index contributed by atoms with van der Waals surface area (Å²) in [5, 5.41) is 12.6. The highest BCUT2D eigenvalue weighted by molar-refractivity contribution is 5.18. The summed E-state index contributed by atoms with van der Waals surface area (Å²) in [7, 11) is 0. The molecule has 0 bridgehead atoms. The van der Waals surface area contributed by atoms with Crippen LogP contribution in [0.25, 0.3) is 0 Å². The molecule has 0 aliphatic carbocycles. The lowest BCUT2D eigenvalue weighted by atomic mass is 10.0. The van der Waals surface area contributed by atoms with Crippen molar-refractivity contribution in [3.05, 3.63) is 35.9 Å². The van der Waals surface area contributed by atoms with Crippen molar-refractivity contribution in [1.82, 2.24) is 5.32 Å². The summed E-state index contributed by atoms with van der Waals surface area (Å²) in [6.07, 6.45) is 1.67. The molecule has 2 heteroatoms. The Kier molecular flexibility index (Phi) is 5.37. The molecule has 0 aromatic heterocycles. The van der Waals surface area contributed by atoms with Gasteiger partial charge in [-0.25, -0.2) is 0 Å². The van der Waals surface area contributed by atoms with Gasteiger partial charge in [0.1, 0.15) is 0 Å². The summed E-state index contributed by atoms with van der Waals surface area (Å²) in [6, 6.07) is 10.9. The van der Waals surface area contributed by atoms with E-state index < -0.39 is 0 Å². The highest BCUT2D eigenvalue weighted by Crippen LogP contribution is 2.15. The van der Waals surface area contributed by atoms with Gasteiger partial charge < -0.3 is 10.4 Å². The fraction of sp³-hybridized carbons (Fsp3) is 0.538. The molecule has 2 atom stereocenters. The van der Waals surface area contributed by atoms with E-state index in [1.165, 1.54) is 5.56 Å². The quantitative estimate of drug-likeness (QED) is 0.751. The number of hydrogen-bond acceptors (Lipinski definition) is 2. The van der Waals surface area contributed by atoms with Crippen LogP contribution in [0.5, 0.6) is 0 Å². The molecule has 0 spiro atoms. The van der Waals surface area contributed by atoms with Crippen molar-refractivity contribution >= 4 is 0 Å². The first-order valence-corrected chi connectivity index (χ1v) is 5.70.